The molecule has 0 unspecified atom stereocenters. The lowest BCUT2D eigenvalue weighted by atomic mass is 10.2. The molecule has 0 spiro atoms. The van der Waals surface area contributed by atoms with Crippen LogP contribution in [0.2, 0.25) is 0 Å². The topological polar surface area (TPSA) is 47.0 Å². The molecule has 0 amide bonds. The minimum Gasteiger partial charge on any atom is -0.492 e. The molecule has 0 aliphatic heterocycles. The molecule has 5 heteroatoms. The Morgan fingerprint density at radius 3 is 3.10 bits per heavy atom. The maximum atomic E-state index is 5.70. The molecule has 3 rings (SSSR count). The highest BCUT2D eigenvalue weighted by Crippen LogP contribution is 2.23. The number of hydrogen-bond donors (Lipinski definition) is 1. The summed E-state index contributed by atoms with van der Waals surface area (Å²) in [6.45, 7) is 3.36. The van der Waals surface area contributed by atoms with Crippen molar-refractivity contribution in [2.24, 2.45) is 0 Å². The van der Waals surface area contributed by atoms with E-state index in [4.69, 9.17) is 4.74 Å². The van der Waals surface area contributed by atoms with E-state index in [1.54, 1.807) is 17.7 Å². The zero-order valence-corrected chi connectivity index (χ0v) is 12.0. The van der Waals surface area contributed by atoms with E-state index in [0.29, 0.717) is 13.2 Å². The molecule has 0 aliphatic rings. The normalized spacial score (nSPS) is 10.7. The van der Waals surface area contributed by atoms with Gasteiger partial charge in [0.25, 0.3) is 0 Å². The Balaban J connectivity index is 1.56. The first-order valence-electron chi connectivity index (χ1n) is 6.44. The highest BCUT2D eigenvalue weighted by atomic mass is 32.1. The molecule has 0 atom stereocenters. The second kappa shape index (κ2) is 5.88. The predicted molar refractivity (Wildman–Crippen MR) is 82.6 cm³/mol. The summed E-state index contributed by atoms with van der Waals surface area (Å²) in [7, 11) is 0. The van der Waals surface area contributed by atoms with Crippen molar-refractivity contribution in [3.63, 3.8) is 0 Å². The number of fused-ring (bicyclic) bond motifs is 1. The molecule has 3 aromatic rings. The van der Waals surface area contributed by atoms with E-state index in [1.165, 1.54) is 5.56 Å². The van der Waals surface area contributed by atoms with E-state index in [2.05, 4.69) is 28.3 Å². The van der Waals surface area contributed by atoms with Gasteiger partial charge in [0.15, 0.2) is 0 Å². The molecule has 0 fully saturated rings. The fraction of sp³-hybridized carbons (Fsp3) is 0.200. The highest BCUT2D eigenvalue weighted by Gasteiger charge is 2.03. The van der Waals surface area contributed by atoms with Crippen molar-refractivity contribution in [2.75, 3.05) is 18.5 Å². The lowest BCUT2D eigenvalue weighted by molar-refractivity contribution is 0.332. The summed E-state index contributed by atoms with van der Waals surface area (Å²) in [5, 5.41) is 6.37. The minimum atomic E-state index is 0.596. The van der Waals surface area contributed by atoms with E-state index in [0.717, 1.165) is 21.8 Å². The Bertz CT molecular complexity index is 711. The molecular weight excluding hydrogens is 270 g/mol. The molecule has 0 radical (unpaired) electrons. The minimum absolute atomic E-state index is 0.596. The third-order valence-electron chi connectivity index (χ3n) is 2.91. The van der Waals surface area contributed by atoms with Crippen LogP contribution in [0.25, 0.3) is 10.2 Å². The molecule has 0 aliphatic carbocycles. The molecule has 0 saturated carbocycles. The van der Waals surface area contributed by atoms with Crippen molar-refractivity contribution < 1.29 is 4.74 Å². The van der Waals surface area contributed by atoms with E-state index in [9.17, 15) is 0 Å². The maximum Gasteiger partial charge on any atom is 0.138 e. The van der Waals surface area contributed by atoms with E-state index in [1.807, 2.05) is 29.6 Å². The number of anilines is 1. The lowest BCUT2D eigenvalue weighted by Gasteiger charge is -2.09. The average molecular weight is 285 g/mol. The van der Waals surface area contributed by atoms with Gasteiger partial charge in [-0.1, -0.05) is 12.1 Å². The van der Waals surface area contributed by atoms with Crippen molar-refractivity contribution in [3.8, 4) is 5.75 Å². The molecule has 0 saturated heterocycles. The number of hydrogen-bond acceptors (Lipinski definition) is 5. The van der Waals surface area contributed by atoms with Crippen molar-refractivity contribution in [2.45, 2.75) is 6.92 Å². The first-order valence-corrected chi connectivity index (χ1v) is 7.32. The summed E-state index contributed by atoms with van der Waals surface area (Å²) in [4.78, 5) is 9.49. The third kappa shape index (κ3) is 2.88. The zero-order valence-electron chi connectivity index (χ0n) is 11.2. The number of nitrogens with one attached hydrogen (secondary N) is 1. The van der Waals surface area contributed by atoms with Gasteiger partial charge in [0.1, 0.15) is 29.3 Å². The second-order valence-electron chi connectivity index (χ2n) is 4.45. The fourth-order valence-electron chi connectivity index (χ4n) is 1.97. The van der Waals surface area contributed by atoms with Crippen LogP contribution in [0.1, 0.15) is 5.56 Å². The number of aryl methyl sites for hydroxylation is 1. The van der Waals surface area contributed by atoms with Gasteiger partial charge in [0, 0.05) is 0 Å². The van der Waals surface area contributed by atoms with Gasteiger partial charge in [-0.3, -0.25) is 0 Å². The number of aromatic nitrogens is 2. The van der Waals surface area contributed by atoms with Gasteiger partial charge in [-0.15, -0.1) is 11.3 Å². The largest absolute Gasteiger partial charge is 0.492 e. The molecule has 20 heavy (non-hydrogen) atoms. The van der Waals surface area contributed by atoms with Crippen LogP contribution < -0.4 is 10.1 Å². The molecule has 2 aromatic heterocycles. The predicted octanol–water partition coefficient (Wildman–Crippen LogP) is 3.49. The van der Waals surface area contributed by atoms with E-state index < -0.39 is 0 Å². The second-order valence-corrected chi connectivity index (χ2v) is 5.35. The standard InChI is InChI=1S/C15H15N3OS/c1-11-3-2-4-12(9-11)19-7-6-16-14-13-5-8-20-15(13)18-10-17-14/h2-5,8-10H,6-7H2,1H3,(H,16,17,18). The smallest absolute Gasteiger partial charge is 0.138 e. The maximum absolute atomic E-state index is 5.70. The van der Waals surface area contributed by atoms with Crippen LogP contribution in [0.15, 0.2) is 42.0 Å². The summed E-state index contributed by atoms with van der Waals surface area (Å²) in [6, 6.07) is 10.1. The SMILES string of the molecule is Cc1cccc(OCCNc2ncnc3sccc23)c1. The molecule has 1 N–H and O–H groups in total. The lowest BCUT2D eigenvalue weighted by Crippen LogP contribution is -2.12. The number of ether oxygens (including phenoxy) is 1. The fourth-order valence-corrected chi connectivity index (χ4v) is 2.71. The summed E-state index contributed by atoms with van der Waals surface area (Å²) >= 11 is 1.62. The summed E-state index contributed by atoms with van der Waals surface area (Å²) < 4.78 is 5.70. The summed E-state index contributed by atoms with van der Waals surface area (Å²) in [6.07, 6.45) is 1.59. The van der Waals surface area contributed by atoms with Crippen LogP contribution in [0.5, 0.6) is 5.75 Å². The Morgan fingerprint density at radius 1 is 1.25 bits per heavy atom. The van der Waals surface area contributed by atoms with Gasteiger partial charge in [-0.05, 0) is 36.1 Å². The van der Waals surface area contributed by atoms with Crippen molar-refractivity contribution in [1.29, 1.82) is 0 Å². The van der Waals surface area contributed by atoms with Crippen LogP contribution in [-0.4, -0.2) is 23.1 Å². The average Bonchev–Trinajstić information content (AvgIpc) is 2.93. The number of thiophene rings is 1. The molecule has 2 heterocycles. The highest BCUT2D eigenvalue weighted by molar-refractivity contribution is 7.16. The van der Waals surface area contributed by atoms with Crippen LogP contribution in [0.3, 0.4) is 0 Å². The Hall–Kier alpha value is -2.14. The zero-order chi connectivity index (χ0) is 13.8. The number of benzene rings is 1. The van der Waals surface area contributed by atoms with Crippen molar-refractivity contribution >= 4 is 27.4 Å². The summed E-state index contributed by atoms with van der Waals surface area (Å²) in [5.41, 5.74) is 1.20. The molecule has 1 aromatic carbocycles. The Labute approximate surface area is 121 Å². The van der Waals surface area contributed by atoms with Crippen molar-refractivity contribution in [1.82, 2.24) is 9.97 Å². The van der Waals surface area contributed by atoms with Gasteiger partial charge in [0.05, 0.1) is 11.9 Å². The monoisotopic (exact) mass is 285 g/mol. The number of nitrogens with zero attached hydrogens (tertiary/aromatic N) is 2. The van der Waals surface area contributed by atoms with Crippen LogP contribution in [-0.2, 0) is 0 Å². The van der Waals surface area contributed by atoms with Gasteiger partial charge in [0.2, 0.25) is 0 Å². The van der Waals surface area contributed by atoms with E-state index in [-0.39, 0.29) is 0 Å². The molecule has 102 valence electrons. The van der Waals surface area contributed by atoms with Gasteiger partial charge < -0.3 is 10.1 Å². The van der Waals surface area contributed by atoms with Crippen LogP contribution in [0.4, 0.5) is 5.82 Å². The molecule has 4 nitrogen and oxygen atoms in total. The van der Waals surface area contributed by atoms with Crippen LogP contribution >= 0.6 is 11.3 Å². The quantitative estimate of drug-likeness (QED) is 0.729. The molecular formula is C15H15N3OS. The first-order chi connectivity index (χ1) is 9.83. The summed E-state index contributed by atoms with van der Waals surface area (Å²) in [5.74, 6) is 1.76. The molecule has 0 bridgehead atoms. The Morgan fingerprint density at radius 2 is 2.20 bits per heavy atom. The first kappa shape index (κ1) is 12.9. The van der Waals surface area contributed by atoms with E-state index >= 15 is 0 Å². The Kier molecular flexibility index (Phi) is 3.78. The van der Waals surface area contributed by atoms with Crippen LogP contribution in [0, 0.1) is 6.92 Å². The van der Waals surface area contributed by atoms with Gasteiger partial charge in [-0.25, -0.2) is 9.97 Å². The third-order valence-corrected chi connectivity index (χ3v) is 3.74. The van der Waals surface area contributed by atoms with Crippen molar-refractivity contribution in [3.05, 3.63) is 47.6 Å². The van der Waals surface area contributed by atoms with Gasteiger partial charge in [-0.2, -0.15) is 0 Å². The number of rotatable bonds is 5. The van der Waals surface area contributed by atoms with Gasteiger partial charge >= 0.3 is 0 Å².